The minimum absolute atomic E-state index is 0.0666. The maximum absolute atomic E-state index is 13.0. The first-order chi connectivity index (χ1) is 14.2. The van der Waals surface area contributed by atoms with Crippen molar-refractivity contribution in [1.29, 1.82) is 0 Å². The smallest absolute Gasteiger partial charge is 0.255 e. The van der Waals surface area contributed by atoms with Crippen LogP contribution in [0.1, 0.15) is 46.8 Å². The molecule has 1 unspecified atom stereocenters. The molecule has 29 heavy (non-hydrogen) atoms. The van der Waals surface area contributed by atoms with Crippen LogP contribution in [-0.4, -0.2) is 41.1 Å². The third kappa shape index (κ3) is 4.65. The maximum Gasteiger partial charge on any atom is 0.255 e. The number of amides is 1. The van der Waals surface area contributed by atoms with Crippen LogP contribution in [0.5, 0.6) is 0 Å². The first-order valence-electron chi connectivity index (χ1n) is 10.1. The molecular formula is C23H26N4O2. The topological polar surface area (TPSA) is 62.5 Å². The number of likely N-dealkylation sites (tertiary alicyclic amines) is 1. The summed E-state index contributed by atoms with van der Waals surface area (Å²) in [6, 6.07) is 16.2. The van der Waals surface area contributed by atoms with Crippen molar-refractivity contribution in [1.82, 2.24) is 15.0 Å². The molecule has 6 nitrogen and oxygen atoms in total. The quantitative estimate of drug-likeness (QED) is 0.656. The van der Waals surface area contributed by atoms with Crippen LogP contribution in [0, 0.1) is 0 Å². The second-order valence-electron chi connectivity index (χ2n) is 7.58. The van der Waals surface area contributed by atoms with Crippen molar-refractivity contribution in [2.45, 2.75) is 31.7 Å². The van der Waals surface area contributed by atoms with E-state index >= 15 is 0 Å². The van der Waals surface area contributed by atoms with Gasteiger partial charge in [-0.05, 0) is 42.9 Å². The van der Waals surface area contributed by atoms with Gasteiger partial charge in [0.15, 0.2) is 0 Å². The summed E-state index contributed by atoms with van der Waals surface area (Å²) in [5.41, 5.74) is 2.86. The van der Waals surface area contributed by atoms with Gasteiger partial charge in [0, 0.05) is 32.4 Å². The summed E-state index contributed by atoms with van der Waals surface area (Å²) >= 11 is 0. The van der Waals surface area contributed by atoms with E-state index in [1.807, 2.05) is 35.0 Å². The van der Waals surface area contributed by atoms with Crippen molar-refractivity contribution < 1.29 is 9.32 Å². The van der Waals surface area contributed by atoms with Crippen LogP contribution in [0.3, 0.4) is 0 Å². The number of aromatic nitrogens is 2. The Bertz CT molecular complexity index is 910. The summed E-state index contributed by atoms with van der Waals surface area (Å²) < 4.78 is 4.87. The van der Waals surface area contributed by atoms with Gasteiger partial charge in [-0.2, -0.15) is 0 Å². The lowest BCUT2D eigenvalue weighted by molar-refractivity contribution is 0.0760. The Morgan fingerprint density at radius 1 is 1.14 bits per heavy atom. The van der Waals surface area contributed by atoms with Gasteiger partial charge in [0.1, 0.15) is 17.8 Å². The monoisotopic (exact) mass is 390 g/mol. The molecule has 0 saturated carbocycles. The van der Waals surface area contributed by atoms with E-state index in [0.29, 0.717) is 18.0 Å². The first kappa shape index (κ1) is 19.2. The minimum atomic E-state index is 0.0666. The number of nitrogens with zero attached hydrogens (tertiary/aromatic N) is 4. The van der Waals surface area contributed by atoms with Gasteiger partial charge in [-0.25, -0.2) is 4.98 Å². The molecule has 1 amide bonds. The molecule has 0 bridgehead atoms. The summed E-state index contributed by atoms with van der Waals surface area (Å²) in [5.74, 6) is 1.39. The fourth-order valence-electron chi connectivity index (χ4n) is 3.92. The normalized spacial score (nSPS) is 17.0. The lowest BCUT2D eigenvalue weighted by atomic mass is 9.92. The highest BCUT2D eigenvalue weighted by Crippen LogP contribution is 2.28. The third-order valence-corrected chi connectivity index (χ3v) is 5.56. The van der Waals surface area contributed by atoms with Gasteiger partial charge in [-0.3, -0.25) is 4.79 Å². The van der Waals surface area contributed by atoms with Gasteiger partial charge in [0.05, 0.1) is 12.1 Å². The second kappa shape index (κ2) is 8.90. The number of anilines is 1. The van der Waals surface area contributed by atoms with Crippen molar-refractivity contribution in [2.24, 2.45) is 0 Å². The third-order valence-electron chi connectivity index (χ3n) is 5.56. The van der Waals surface area contributed by atoms with E-state index in [1.54, 1.807) is 12.5 Å². The maximum atomic E-state index is 13.0. The van der Waals surface area contributed by atoms with Gasteiger partial charge in [0.2, 0.25) is 0 Å². The molecule has 1 aliphatic rings. The zero-order valence-electron chi connectivity index (χ0n) is 16.7. The zero-order valence-corrected chi connectivity index (χ0v) is 16.7. The molecular weight excluding hydrogens is 364 g/mol. The van der Waals surface area contributed by atoms with E-state index in [4.69, 9.17) is 4.52 Å². The van der Waals surface area contributed by atoms with E-state index in [2.05, 4.69) is 40.5 Å². The van der Waals surface area contributed by atoms with Crippen molar-refractivity contribution in [2.75, 3.05) is 25.0 Å². The Labute approximate surface area is 171 Å². The number of hydrogen-bond acceptors (Lipinski definition) is 5. The molecule has 1 fully saturated rings. The molecule has 6 heteroatoms. The minimum Gasteiger partial charge on any atom is -0.364 e. The van der Waals surface area contributed by atoms with Crippen LogP contribution in [0.2, 0.25) is 0 Å². The molecule has 2 aromatic heterocycles. The number of pyridine rings is 1. The molecule has 0 N–H and O–H groups in total. The fourth-order valence-corrected chi connectivity index (χ4v) is 3.92. The number of benzene rings is 1. The molecule has 1 aromatic carbocycles. The predicted molar refractivity (Wildman–Crippen MR) is 112 cm³/mol. The number of carbonyl (C=O) groups excluding carboxylic acids is 1. The summed E-state index contributed by atoms with van der Waals surface area (Å²) in [6.07, 6.45) is 6.38. The zero-order chi connectivity index (χ0) is 20.1. The average Bonchev–Trinajstić information content (AvgIpc) is 3.15. The van der Waals surface area contributed by atoms with E-state index in [1.165, 1.54) is 5.56 Å². The Hall–Kier alpha value is -3.15. The highest BCUT2D eigenvalue weighted by molar-refractivity contribution is 5.94. The fraction of sp³-hybridized carbons (Fsp3) is 0.348. The van der Waals surface area contributed by atoms with Gasteiger partial charge in [-0.1, -0.05) is 35.5 Å². The molecule has 3 heterocycles. The van der Waals surface area contributed by atoms with Crippen LogP contribution >= 0.6 is 0 Å². The lowest BCUT2D eigenvalue weighted by Gasteiger charge is -2.21. The number of hydrogen-bond donors (Lipinski definition) is 0. The van der Waals surface area contributed by atoms with Crippen LogP contribution in [0.15, 0.2) is 65.5 Å². The van der Waals surface area contributed by atoms with Crippen molar-refractivity contribution in [3.8, 4) is 0 Å². The molecule has 4 rings (SSSR count). The Morgan fingerprint density at radius 3 is 2.72 bits per heavy atom. The second-order valence-corrected chi connectivity index (χ2v) is 7.58. The Balaban J connectivity index is 1.37. The highest BCUT2D eigenvalue weighted by Gasteiger charge is 2.22. The predicted octanol–water partition coefficient (Wildman–Crippen LogP) is 4.12. The van der Waals surface area contributed by atoms with Gasteiger partial charge >= 0.3 is 0 Å². The SMILES string of the molecule is CN(Cc1ccon1)c1ccc(C(=O)N2CCCC(c3ccccc3)CC2)cn1. The van der Waals surface area contributed by atoms with Crippen LogP contribution in [-0.2, 0) is 6.54 Å². The highest BCUT2D eigenvalue weighted by atomic mass is 16.5. The van der Waals surface area contributed by atoms with Gasteiger partial charge in [0.25, 0.3) is 5.91 Å². The lowest BCUT2D eigenvalue weighted by Crippen LogP contribution is -2.32. The van der Waals surface area contributed by atoms with Gasteiger partial charge < -0.3 is 14.3 Å². The Morgan fingerprint density at radius 2 is 2.00 bits per heavy atom. The molecule has 1 aliphatic heterocycles. The standard InChI is InChI=1S/C23H26N4O2/c1-26(17-21-12-15-29-25-21)22-10-9-20(16-24-22)23(28)27-13-5-8-19(11-14-27)18-6-3-2-4-7-18/h2-4,6-7,9-10,12,15-16,19H,5,8,11,13-14,17H2,1H3. The molecule has 0 aliphatic carbocycles. The molecule has 3 aromatic rings. The average molecular weight is 390 g/mol. The van der Waals surface area contributed by atoms with Crippen molar-refractivity contribution in [3.05, 3.63) is 77.8 Å². The van der Waals surface area contributed by atoms with Crippen LogP contribution < -0.4 is 4.90 Å². The number of rotatable bonds is 5. The molecule has 1 atom stereocenters. The van der Waals surface area contributed by atoms with Crippen molar-refractivity contribution >= 4 is 11.7 Å². The molecule has 0 radical (unpaired) electrons. The van der Waals surface area contributed by atoms with Crippen LogP contribution in [0.25, 0.3) is 0 Å². The number of carbonyl (C=O) groups is 1. The van der Waals surface area contributed by atoms with E-state index in [-0.39, 0.29) is 5.91 Å². The van der Waals surface area contributed by atoms with Crippen LogP contribution in [0.4, 0.5) is 5.82 Å². The largest absolute Gasteiger partial charge is 0.364 e. The van der Waals surface area contributed by atoms with E-state index < -0.39 is 0 Å². The summed E-state index contributed by atoms with van der Waals surface area (Å²) in [4.78, 5) is 21.4. The molecule has 0 spiro atoms. The Kier molecular flexibility index (Phi) is 5.89. The molecule has 150 valence electrons. The summed E-state index contributed by atoms with van der Waals surface area (Å²) in [6.45, 7) is 2.19. The van der Waals surface area contributed by atoms with Crippen molar-refractivity contribution in [3.63, 3.8) is 0 Å². The van der Waals surface area contributed by atoms with E-state index in [9.17, 15) is 4.79 Å². The summed E-state index contributed by atoms with van der Waals surface area (Å²) in [7, 11) is 1.94. The van der Waals surface area contributed by atoms with Gasteiger partial charge in [-0.15, -0.1) is 0 Å². The molecule has 1 saturated heterocycles. The summed E-state index contributed by atoms with van der Waals surface area (Å²) in [5, 5.41) is 3.92. The van der Waals surface area contributed by atoms with E-state index in [0.717, 1.165) is 43.9 Å². The first-order valence-corrected chi connectivity index (χ1v) is 10.1.